The predicted octanol–water partition coefficient (Wildman–Crippen LogP) is -0.285. The molecule has 1 aliphatic heterocycles. The highest BCUT2D eigenvalue weighted by Crippen LogP contribution is 2.32. The Hall–Kier alpha value is -1.72. The van der Waals surface area contributed by atoms with Gasteiger partial charge in [-0.25, -0.2) is 16.8 Å². The lowest BCUT2D eigenvalue weighted by Gasteiger charge is -2.15. The van der Waals surface area contributed by atoms with Crippen LogP contribution in [0.1, 0.15) is 18.0 Å². The summed E-state index contributed by atoms with van der Waals surface area (Å²) in [7, 11) is -7.01. The molecule has 0 amide bonds. The summed E-state index contributed by atoms with van der Waals surface area (Å²) >= 11 is 0. The first-order chi connectivity index (χ1) is 10.3. The zero-order chi connectivity index (χ0) is 16.0. The summed E-state index contributed by atoms with van der Waals surface area (Å²) in [4.78, 5) is 0.223. The number of sulfonamides is 1. The molecule has 9 nitrogen and oxygen atoms in total. The van der Waals surface area contributed by atoms with Crippen LogP contribution in [0, 0.1) is 0 Å². The Bertz CT molecular complexity index is 869. The second kappa shape index (κ2) is 5.18. The molecule has 2 N–H and O–H groups in total. The molecular formula is C11H15N5O4S2. The first-order valence-corrected chi connectivity index (χ1v) is 9.85. The lowest BCUT2D eigenvalue weighted by atomic mass is 10.1. The monoisotopic (exact) mass is 345 g/mol. The molecule has 0 aliphatic carbocycles. The topological polar surface area (TPSA) is 129 Å². The first-order valence-electron chi connectivity index (χ1n) is 6.52. The largest absolute Gasteiger partial charge is 0.284 e. The van der Waals surface area contributed by atoms with Crippen LogP contribution in [0.25, 0.3) is 0 Å². The quantitative estimate of drug-likeness (QED) is 0.784. The standard InChI is InChI=1S/C11H15N5O4S2/c1-21(17,18)10-6-14-15-11(10)8-2-3-16(7-8)22(19,20)9-4-12-13-5-9/h4-6,8H,2-3,7H2,1H3,(H,12,13)(H,14,15)/t8-/m0/s1. The maximum Gasteiger partial charge on any atom is 0.246 e. The molecule has 3 heterocycles. The molecule has 1 fully saturated rings. The minimum atomic E-state index is -3.61. The number of H-pyrrole nitrogens is 2. The fraction of sp³-hybridized carbons (Fsp3) is 0.455. The summed E-state index contributed by atoms with van der Waals surface area (Å²) in [5.41, 5.74) is 0.465. The van der Waals surface area contributed by atoms with Gasteiger partial charge in [0.25, 0.3) is 0 Å². The smallest absolute Gasteiger partial charge is 0.246 e. The van der Waals surface area contributed by atoms with Crippen molar-refractivity contribution in [1.29, 1.82) is 0 Å². The second-order valence-electron chi connectivity index (χ2n) is 5.20. The number of aromatic nitrogens is 4. The fourth-order valence-corrected chi connectivity index (χ4v) is 4.85. The zero-order valence-corrected chi connectivity index (χ0v) is 13.4. The van der Waals surface area contributed by atoms with Gasteiger partial charge in [0.15, 0.2) is 9.84 Å². The summed E-state index contributed by atoms with van der Waals surface area (Å²) in [6, 6.07) is 0. The van der Waals surface area contributed by atoms with Crippen molar-refractivity contribution >= 4 is 19.9 Å². The highest BCUT2D eigenvalue weighted by atomic mass is 32.2. The lowest BCUT2D eigenvalue weighted by molar-refractivity contribution is 0.471. The van der Waals surface area contributed by atoms with Crippen molar-refractivity contribution in [1.82, 2.24) is 24.7 Å². The minimum absolute atomic E-state index is 0.0982. The van der Waals surface area contributed by atoms with E-state index in [2.05, 4.69) is 20.4 Å². The van der Waals surface area contributed by atoms with Gasteiger partial charge >= 0.3 is 0 Å². The van der Waals surface area contributed by atoms with E-state index < -0.39 is 19.9 Å². The molecule has 0 radical (unpaired) electrons. The molecule has 2 aromatic heterocycles. The van der Waals surface area contributed by atoms with Crippen LogP contribution in [0.15, 0.2) is 28.4 Å². The van der Waals surface area contributed by atoms with Crippen LogP contribution in [-0.2, 0) is 19.9 Å². The van der Waals surface area contributed by atoms with E-state index in [-0.39, 0.29) is 22.3 Å². The van der Waals surface area contributed by atoms with E-state index in [0.717, 1.165) is 6.26 Å². The predicted molar refractivity (Wildman–Crippen MR) is 76.4 cm³/mol. The van der Waals surface area contributed by atoms with Gasteiger partial charge in [-0.3, -0.25) is 10.2 Å². The van der Waals surface area contributed by atoms with E-state index in [9.17, 15) is 16.8 Å². The van der Waals surface area contributed by atoms with Crippen molar-refractivity contribution < 1.29 is 16.8 Å². The summed E-state index contributed by atoms with van der Waals surface area (Å²) in [5.74, 6) is -0.228. The van der Waals surface area contributed by atoms with Crippen LogP contribution >= 0.6 is 0 Å². The van der Waals surface area contributed by atoms with Crippen LogP contribution in [0.5, 0.6) is 0 Å². The Kier molecular flexibility index (Phi) is 3.57. The summed E-state index contributed by atoms with van der Waals surface area (Å²) in [6.45, 7) is 0.526. The van der Waals surface area contributed by atoms with E-state index in [1.807, 2.05) is 0 Å². The van der Waals surface area contributed by atoms with Gasteiger partial charge in [-0.05, 0) is 6.42 Å². The van der Waals surface area contributed by atoms with Crippen LogP contribution < -0.4 is 0 Å². The van der Waals surface area contributed by atoms with E-state index in [1.54, 1.807) is 0 Å². The zero-order valence-electron chi connectivity index (χ0n) is 11.7. The Morgan fingerprint density at radius 1 is 1.23 bits per heavy atom. The Labute approximate surface area is 127 Å². The van der Waals surface area contributed by atoms with Crippen LogP contribution in [0.4, 0.5) is 0 Å². The van der Waals surface area contributed by atoms with Crippen molar-refractivity contribution in [3.05, 3.63) is 24.3 Å². The molecule has 0 aromatic carbocycles. The van der Waals surface area contributed by atoms with Gasteiger partial charge in [0.05, 0.1) is 18.1 Å². The molecule has 0 unspecified atom stereocenters. The molecule has 1 aliphatic rings. The molecule has 0 saturated carbocycles. The average molecular weight is 345 g/mol. The van der Waals surface area contributed by atoms with Crippen molar-refractivity contribution in [2.75, 3.05) is 19.3 Å². The van der Waals surface area contributed by atoms with Crippen LogP contribution in [0.3, 0.4) is 0 Å². The lowest BCUT2D eigenvalue weighted by Crippen LogP contribution is -2.28. The SMILES string of the molecule is CS(=O)(=O)c1cn[nH]c1[C@H]1CCN(S(=O)(=O)c2cn[nH]c2)C1. The van der Waals surface area contributed by atoms with Gasteiger partial charge in [-0.15, -0.1) is 0 Å². The van der Waals surface area contributed by atoms with E-state index >= 15 is 0 Å². The molecule has 2 aromatic rings. The van der Waals surface area contributed by atoms with Crippen molar-refractivity contribution in [2.45, 2.75) is 22.1 Å². The third-order valence-electron chi connectivity index (χ3n) is 3.70. The molecule has 1 atom stereocenters. The number of hydrogen-bond donors (Lipinski definition) is 2. The van der Waals surface area contributed by atoms with Gasteiger partial charge in [0.1, 0.15) is 9.79 Å². The summed E-state index contributed by atoms with van der Waals surface area (Å²) in [6.07, 6.45) is 5.47. The van der Waals surface area contributed by atoms with Crippen molar-refractivity contribution in [2.24, 2.45) is 0 Å². The highest BCUT2D eigenvalue weighted by molar-refractivity contribution is 7.90. The van der Waals surface area contributed by atoms with Crippen LogP contribution in [-0.4, -0.2) is 60.9 Å². The molecule has 22 heavy (non-hydrogen) atoms. The van der Waals surface area contributed by atoms with Gasteiger partial charge in [-0.1, -0.05) is 0 Å². The number of sulfone groups is 1. The molecule has 3 rings (SSSR count). The molecule has 0 bridgehead atoms. The Balaban J connectivity index is 1.86. The maximum atomic E-state index is 12.4. The number of nitrogens with zero attached hydrogens (tertiary/aromatic N) is 3. The maximum absolute atomic E-state index is 12.4. The van der Waals surface area contributed by atoms with Crippen LogP contribution in [0.2, 0.25) is 0 Å². The van der Waals surface area contributed by atoms with Gasteiger partial charge in [0.2, 0.25) is 10.0 Å². The third kappa shape index (κ3) is 2.55. The molecular weight excluding hydrogens is 330 g/mol. The Morgan fingerprint density at radius 2 is 2.00 bits per heavy atom. The van der Waals surface area contributed by atoms with E-state index in [1.165, 1.54) is 22.9 Å². The van der Waals surface area contributed by atoms with E-state index in [0.29, 0.717) is 18.7 Å². The fourth-order valence-electron chi connectivity index (χ4n) is 2.58. The van der Waals surface area contributed by atoms with Crippen molar-refractivity contribution in [3.63, 3.8) is 0 Å². The summed E-state index contributed by atoms with van der Waals surface area (Å²) < 4.78 is 49.6. The average Bonchev–Trinajstić information content (AvgIpc) is 3.18. The molecule has 1 saturated heterocycles. The number of hydrogen-bond acceptors (Lipinski definition) is 6. The molecule has 120 valence electrons. The van der Waals surface area contributed by atoms with Gasteiger partial charge < -0.3 is 0 Å². The first kappa shape index (κ1) is 15.2. The minimum Gasteiger partial charge on any atom is -0.284 e. The number of rotatable bonds is 4. The van der Waals surface area contributed by atoms with Gasteiger partial charge in [-0.2, -0.15) is 14.5 Å². The summed E-state index contributed by atoms with van der Waals surface area (Å²) in [5, 5.41) is 12.6. The third-order valence-corrected chi connectivity index (χ3v) is 6.66. The second-order valence-corrected chi connectivity index (χ2v) is 9.12. The van der Waals surface area contributed by atoms with Gasteiger partial charge in [0, 0.05) is 31.5 Å². The normalized spacial score (nSPS) is 20.5. The van der Waals surface area contributed by atoms with E-state index in [4.69, 9.17) is 0 Å². The molecule has 11 heteroatoms. The molecule has 0 spiro atoms. The Morgan fingerprint density at radius 3 is 2.64 bits per heavy atom. The highest BCUT2D eigenvalue weighted by Gasteiger charge is 2.36. The van der Waals surface area contributed by atoms with Crippen molar-refractivity contribution in [3.8, 4) is 0 Å². The number of aromatic amines is 2. The number of nitrogens with one attached hydrogen (secondary N) is 2.